The normalized spacial score (nSPS) is 32.8. The van der Waals surface area contributed by atoms with Crippen LogP contribution in [0.5, 0.6) is 0 Å². The number of hydrogen-bond acceptors (Lipinski definition) is 2. The minimum absolute atomic E-state index is 0.506. The lowest BCUT2D eigenvalue weighted by Crippen LogP contribution is -2.57. The molecule has 2 heteroatoms. The quantitative estimate of drug-likeness (QED) is 0.667. The van der Waals surface area contributed by atoms with E-state index in [0.29, 0.717) is 18.1 Å². The highest BCUT2D eigenvalue weighted by molar-refractivity contribution is 4.92. The van der Waals surface area contributed by atoms with Gasteiger partial charge in [0.1, 0.15) is 0 Å². The van der Waals surface area contributed by atoms with E-state index in [9.17, 15) is 0 Å². The first-order chi connectivity index (χ1) is 6.19. The minimum atomic E-state index is 0.506. The van der Waals surface area contributed by atoms with Crippen molar-refractivity contribution < 1.29 is 0 Å². The van der Waals surface area contributed by atoms with Crippen molar-refractivity contribution in [2.45, 2.75) is 45.3 Å². The van der Waals surface area contributed by atoms with Gasteiger partial charge in [-0.3, -0.25) is 4.90 Å². The van der Waals surface area contributed by atoms with Crippen LogP contribution < -0.4 is 5.32 Å². The Bertz CT molecular complexity index is 167. The molecule has 1 saturated heterocycles. The third-order valence-corrected chi connectivity index (χ3v) is 3.06. The first-order valence-electron chi connectivity index (χ1n) is 5.30. The molecule has 2 nitrogen and oxygen atoms in total. The average Bonchev–Trinajstić information content (AvgIpc) is 2.17. The van der Waals surface area contributed by atoms with Crippen molar-refractivity contribution in [1.82, 2.24) is 10.2 Å². The Morgan fingerprint density at radius 3 is 2.92 bits per heavy atom. The van der Waals surface area contributed by atoms with Crippen LogP contribution in [0.2, 0.25) is 0 Å². The molecule has 0 saturated carbocycles. The minimum Gasteiger partial charge on any atom is -0.311 e. The first-order valence-corrected chi connectivity index (χ1v) is 5.30. The van der Waals surface area contributed by atoms with Crippen LogP contribution in [0.4, 0.5) is 0 Å². The lowest BCUT2D eigenvalue weighted by molar-refractivity contribution is 0.118. The molecule has 1 aliphatic rings. The van der Waals surface area contributed by atoms with E-state index < -0.39 is 0 Å². The van der Waals surface area contributed by atoms with Crippen molar-refractivity contribution in [2.75, 3.05) is 13.1 Å². The van der Waals surface area contributed by atoms with E-state index in [2.05, 4.69) is 37.6 Å². The monoisotopic (exact) mass is 182 g/mol. The standard InChI is InChI=1S/C11H22N2/c1-5-9(3)13-8-11(6-2)12-7-10(13)4/h5,9-12H,1,6-8H2,2-4H3. The van der Waals surface area contributed by atoms with Crippen molar-refractivity contribution in [1.29, 1.82) is 0 Å². The van der Waals surface area contributed by atoms with E-state index in [-0.39, 0.29) is 0 Å². The summed E-state index contributed by atoms with van der Waals surface area (Å²) in [5.74, 6) is 0. The molecule has 0 aromatic rings. The summed E-state index contributed by atoms with van der Waals surface area (Å²) in [6, 6.07) is 1.81. The van der Waals surface area contributed by atoms with Crippen LogP contribution in [0.25, 0.3) is 0 Å². The molecule has 0 amide bonds. The van der Waals surface area contributed by atoms with Crippen LogP contribution in [-0.4, -0.2) is 36.1 Å². The fourth-order valence-corrected chi connectivity index (χ4v) is 1.93. The fraction of sp³-hybridized carbons (Fsp3) is 0.818. The van der Waals surface area contributed by atoms with Gasteiger partial charge in [-0.1, -0.05) is 13.0 Å². The second kappa shape index (κ2) is 4.77. The molecule has 1 aliphatic heterocycles. The molecule has 1 N–H and O–H groups in total. The Kier molecular flexibility index (Phi) is 3.94. The van der Waals surface area contributed by atoms with Gasteiger partial charge >= 0.3 is 0 Å². The van der Waals surface area contributed by atoms with Crippen molar-refractivity contribution in [2.24, 2.45) is 0 Å². The van der Waals surface area contributed by atoms with Crippen molar-refractivity contribution in [3.05, 3.63) is 12.7 Å². The molecule has 0 aliphatic carbocycles. The Hall–Kier alpha value is -0.340. The molecule has 0 spiro atoms. The molecule has 1 fully saturated rings. The number of hydrogen-bond donors (Lipinski definition) is 1. The van der Waals surface area contributed by atoms with Crippen molar-refractivity contribution in [3.63, 3.8) is 0 Å². The van der Waals surface area contributed by atoms with Crippen LogP contribution in [0.3, 0.4) is 0 Å². The third kappa shape index (κ3) is 2.55. The summed E-state index contributed by atoms with van der Waals surface area (Å²) in [5, 5.41) is 3.55. The smallest absolute Gasteiger partial charge is 0.0251 e. The molecule has 13 heavy (non-hydrogen) atoms. The summed E-state index contributed by atoms with van der Waals surface area (Å²) in [6.45, 7) is 12.9. The molecule has 1 rings (SSSR count). The van der Waals surface area contributed by atoms with E-state index in [1.807, 2.05) is 6.08 Å². The second-order valence-electron chi connectivity index (χ2n) is 4.04. The van der Waals surface area contributed by atoms with Crippen LogP contribution in [0.1, 0.15) is 27.2 Å². The van der Waals surface area contributed by atoms with Gasteiger partial charge < -0.3 is 5.32 Å². The van der Waals surface area contributed by atoms with Crippen molar-refractivity contribution >= 4 is 0 Å². The topological polar surface area (TPSA) is 15.3 Å². The summed E-state index contributed by atoms with van der Waals surface area (Å²) >= 11 is 0. The van der Waals surface area contributed by atoms with E-state index in [1.165, 1.54) is 6.42 Å². The summed E-state index contributed by atoms with van der Waals surface area (Å²) in [5.41, 5.74) is 0. The Balaban J connectivity index is 2.54. The zero-order valence-corrected chi connectivity index (χ0v) is 9.09. The maximum Gasteiger partial charge on any atom is 0.0251 e. The largest absolute Gasteiger partial charge is 0.311 e. The number of rotatable bonds is 3. The van der Waals surface area contributed by atoms with Gasteiger partial charge in [-0.05, 0) is 20.3 Å². The van der Waals surface area contributed by atoms with Gasteiger partial charge in [-0.15, -0.1) is 6.58 Å². The molecular weight excluding hydrogens is 160 g/mol. The zero-order chi connectivity index (χ0) is 9.84. The molecule has 0 aromatic heterocycles. The van der Waals surface area contributed by atoms with E-state index in [0.717, 1.165) is 13.1 Å². The van der Waals surface area contributed by atoms with Gasteiger partial charge in [0.15, 0.2) is 0 Å². The van der Waals surface area contributed by atoms with Gasteiger partial charge in [-0.25, -0.2) is 0 Å². The van der Waals surface area contributed by atoms with Gasteiger partial charge in [0, 0.05) is 31.2 Å². The summed E-state index contributed by atoms with van der Waals surface area (Å²) in [6.07, 6.45) is 3.25. The highest BCUT2D eigenvalue weighted by Crippen LogP contribution is 2.12. The lowest BCUT2D eigenvalue weighted by Gasteiger charge is -2.41. The predicted octanol–water partition coefficient (Wildman–Crippen LogP) is 1.63. The molecule has 1 heterocycles. The van der Waals surface area contributed by atoms with E-state index in [4.69, 9.17) is 0 Å². The highest BCUT2D eigenvalue weighted by atomic mass is 15.2. The molecule has 3 atom stereocenters. The summed E-state index contributed by atoms with van der Waals surface area (Å²) in [4.78, 5) is 2.53. The molecule has 0 radical (unpaired) electrons. The van der Waals surface area contributed by atoms with Crippen LogP contribution in [-0.2, 0) is 0 Å². The maximum atomic E-state index is 3.86. The average molecular weight is 182 g/mol. The summed E-state index contributed by atoms with van der Waals surface area (Å²) < 4.78 is 0. The van der Waals surface area contributed by atoms with Crippen molar-refractivity contribution in [3.8, 4) is 0 Å². The summed E-state index contributed by atoms with van der Waals surface area (Å²) in [7, 11) is 0. The van der Waals surface area contributed by atoms with Gasteiger partial charge in [0.25, 0.3) is 0 Å². The lowest BCUT2D eigenvalue weighted by atomic mass is 10.1. The first kappa shape index (κ1) is 10.7. The van der Waals surface area contributed by atoms with E-state index in [1.54, 1.807) is 0 Å². The second-order valence-corrected chi connectivity index (χ2v) is 4.04. The molecule has 0 aromatic carbocycles. The van der Waals surface area contributed by atoms with Gasteiger partial charge in [0.2, 0.25) is 0 Å². The number of piperazine rings is 1. The van der Waals surface area contributed by atoms with Gasteiger partial charge in [-0.2, -0.15) is 0 Å². The van der Waals surface area contributed by atoms with Crippen LogP contribution >= 0.6 is 0 Å². The number of nitrogens with zero attached hydrogens (tertiary/aromatic N) is 1. The highest BCUT2D eigenvalue weighted by Gasteiger charge is 2.25. The maximum absolute atomic E-state index is 3.86. The molecule has 76 valence electrons. The van der Waals surface area contributed by atoms with E-state index >= 15 is 0 Å². The predicted molar refractivity (Wildman–Crippen MR) is 57.9 cm³/mol. The van der Waals surface area contributed by atoms with Crippen LogP contribution in [0.15, 0.2) is 12.7 Å². The molecule has 3 unspecified atom stereocenters. The Morgan fingerprint density at radius 2 is 2.38 bits per heavy atom. The SMILES string of the molecule is C=CC(C)N1CC(CC)NCC1C. The number of nitrogens with one attached hydrogen (secondary N) is 1. The Labute approximate surface area is 82.0 Å². The molecular formula is C11H22N2. The fourth-order valence-electron chi connectivity index (χ4n) is 1.93. The molecule has 0 bridgehead atoms. The van der Waals surface area contributed by atoms with Crippen LogP contribution in [0, 0.1) is 0 Å². The third-order valence-electron chi connectivity index (χ3n) is 3.06. The van der Waals surface area contributed by atoms with Gasteiger partial charge in [0.05, 0.1) is 0 Å². The Morgan fingerprint density at radius 1 is 1.69 bits per heavy atom. The zero-order valence-electron chi connectivity index (χ0n) is 9.09.